The molecule has 76 valence electrons. The normalized spacial score (nSPS) is 12.3. The Bertz CT molecular complexity index is 359. The Kier molecular flexibility index (Phi) is 2.70. The summed E-state index contributed by atoms with van der Waals surface area (Å²) in [5, 5.41) is 0. The molecule has 0 aliphatic carbocycles. The van der Waals surface area contributed by atoms with E-state index in [1.807, 2.05) is 0 Å². The first kappa shape index (κ1) is 10.0. The molecule has 1 aromatic rings. The van der Waals surface area contributed by atoms with E-state index < -0.39 is 17.7 Å². The van der Waals surface area contributed by atoms with Crippen LogP contribution in [0.25, 0.3) is 0 Å². The summed E-state index contributed by atoms with van der Waals surface area (Å²) in [5.41, 5.74) is 15.4. The largest absolute Gasteiger partial charge is 0.384 e. The lowest BCUT2D eigenvalue weighted by Gasteiger charge is -2.07. The molecule has 0 bridgehead atoms. The number of carbonyl (C=O) groups excluding carboxylic acids is 2. The van der Waals surface area contributed by atoms with Gasteiger partial charge in [-0.05, 0) is 0 Å². The van der Waals surface area contributed by atoms with Crippen LogP contribution in [0.2, 0.25) is 0 Å². The van der Waals surface area contributed by atoms with Gasteiger partial charge in [-0.1, -0.05) is 0 Å². The first-order valence-corrected chi connectivity index (χ1v) is 3.88. The van der Waals surface area contributed by atoms with Crippen LogP contribution >= 0.6 is 0 Å². The molecule has 2 amide bonds. The second kappa shape index (κ2) is 3.77. The lowest BCUT2D eigenvalue weighted by Crippen LogP contribution is -2.27. The maximum Gasteiger partial charge on any atom is 0.228 e. The van der Waals surface area contributed by atoms with Gasteiger partial charge in [-0.15, -0.1) is 0 Å². The number of nitrogen functional groups attached to an aromatic ring is 1. The van der Waals surface area contributed by atoms with Gasteiger partial charge in [0, 0.05) is 6.42 Å². The highest BCUT2D eigenvalue weighted by Crippen LogP contribution is 2.16. The molecule has 0 radical (unpaired) electrons. The van der Waals surface area contributed by atoms with E-state index in [1.165, 1.54) is 6.20 Å². The summed E-state index contributed by atoms with van der Waals surface area (Å²) >= 11 is 0. The monoisotopic (exact) mass is 197 g/mol. The number of hydrogen-bond donors (Lipinski definition) is 4. The number of primary amides is 2. The molecule has 1 aromatic heterocycles. The van der Waals surface area contributed by atoms with Crippen molar-refractivity contribution in [3.8, 4) is 0 Å². The molecule has 1 rings (SSSR count). The standard InChI is InChI=1S/C7H11N5O2/c8-4-2-11-7(12-4)3(6(10)14)1-5(9)13/h2-3H,1,8H2,(H2,9,13)(H2,10,14)(H,11,12). The summed E-state index contributed by atoms with van der Waals surface area (Å²) in [6.07, 6.45) is 1.16. The van der Waals surface area contributed by atoms with E-state index in [4.69, 9.17) is 17.2 Å². The van der Waals surface area contributed by atoms with E-state index in [0.717, 1.165) is 0 Å². The molecular weight excluding hydrogens is 186 g/mol. The van der Waals surface area contributed by atoms with Gasteiger partial charge in [0.2, 0.25) is 11.8 Å². The molecule has 0 spiro atoms. The maximum absolute atomic E-state index is 11.0. The quantitative estimate of drug-likeness (QED) is 0.463. The van der Waals surface area contributed by atoms with Crippen molar-refractivity contribution in [2.75, 3.05) is 5.73 Å². The average Bonchev–Trinajstić information content (AvgIpc) is 2.46. The summed E-state index contributed by atoms with van der Waals surface area (Å²) in [6, 6.07) is 0. The minimum absolute atomic E-state index is 0.178. The van der Waals surface area contributed by atoms with Crippen molar-refractivity contribution in [3.63, 3.8) is 0 Å². The molecule has 7 N–H and O–H groups in total. The fourth-order valence-corrected chi connectivity index (χ4v) is 1.06. The molecule has 0 aliphatic heterocycles. The number of aromatic nitrogens is 2. The predicted molar refractivity (Wildman–Crippen MR) is 48.7 cm³/mol. The molecule has 7 heteroatoms. The van der Waals surface area contributed by atoms with E-state index in [0.29, 0.717) is 5.82 Å². The molecule has 14 heavy (non-hydrogen) atoms. The number of hydrogen-bond acceptors (Lipinski definition) is 4. The van der Waals surface area contributed by atoms with Crippen LogP contribution < -0.4 is 17.2 Å². The van der Waals surface area contributed by atoms with E-state index in [9.17, 15) is 9.59 Å². The van der Waals surface area contributed by atoms with E-state index in [1.54, 1.807) is 0 Å². The van der Waals surface area contributed by atoms with Gasteiger partial charge in [0.1, 0.15) is 17.6 Å². The van der Waals surface area contributed by atoms with E-state index in [2.05, 4.69) is 9.97 Å². The van der Waals surface area contributed by atoms with Crippen LogP contribution in [0.3, 0.4) is 0 Å². The zero-order valence-electron chi connectivity index (χ0n) is 7.36. The van der Waals surface area contributed by atoms with Crippen molar-refractivity contribution in [1.29, 1.82) is 0 Å². The summed E-state index contributed by atoms with van der Waals surface area (Å²) < 4.78 is 0. The third-order valence-electron chi connectivity index (χ3n) is 1.69. The van der Waals surface area contributed by atoms with Crippen molar-refractivity contribution >= 4 is 17.6 Å². The number of carbonyl (C=O) groups is 2. The smallest absolute Gasteiger partial charge is 0.228 e. The SMILES string of the molecule is NC(=O)CC(C(N)=O)c1ncc(N)[nH]1. The lowest BCUT2D eigenvalue weighted by molar-refractivity contribution is -0.124. The van der Waals surface area contributed by atoms with Crippen molar-refractivity contribution < 1.29 is 9.59 Å². The number of aromatic amines is 1. The number of amides is 2. The topological polar surface area (TPSA) is 141 Å². The molecule has 1 heterocycles. The summed E-state index contributed by atoms with van der Waals surface area (Å²) in [7, 11) is 0. The zero-order chi connectivity index (χ0) is 10.7. The van der Waals surface area contributed by atoms with Gasteiger partial charge in [-0.25, -0.2) is 4.98 Å². The molecule has 0 saturated heterocycles. The van der Waals surface area contributed by atoms with Crippen LogP contribution in [0.1, 0.15) is 18.2 Å². The van der Waals surface area contributed by atoms with Gasteiger partial charge >= 0.3 is 0 Å². The minimum Gasteiger partial charge on any atom is -0.384 e. The number of anilines is 1. The maximum atomic E-state index is 11.0. The van der Waals surface area contributed by atoms with Crippen molar-refractivity contribution in [3.05, 3.63) is 12.0 Å². The molecule has 1 atom stereocenters. The van der Waals surface area contributed by atoms with Crippen LogP contribution in [0.15, 0.2) is 6.20 Å². The predicted octanol–water partition coefficient (Wildman–Crippen LogP) is -1.56. The fraction of sp³-hybridized carbons (Fsp3) is 0.286. The number of nitrogens with two attached hydrogens (primary N) is 3. The Hall–Kier alpha value is -2.05. The number of imidazole rings is 1. The molecule has 1 unspecified atom stereocenters. The van der Waals surface area contributed by atoms with Crippen molar-refractivity contribution in [1.82, 2.24) is 9.97 Å². The Morgan fingerprint density at radius 1 is 1.50 bits per heavy atom. The highest BCUT2D eigenvalue weighted by molar-refractivity contribution is 5.87. The first-order valence-electron chi connectivity index (χ1n) is 3.88. The van der Waals surface area contributed by atoms with Gasteiger partial charge in [0.15, 0.2) is 0 Å². The van der Waals surface area contributed by atoms with E-state index in [-0.39, 0.29) is 12.2 Å². The number of rotatable bonds is 4. The highest BCUT2D eigenvalue weighted by Gasteiger charge is 2.22. The summed E-state index contributed by atoms with van der Waals surface area (Å²) in [6.45, 7) is 0. The Morgan fingerprint density at radius 3 is 2.50 bits per heavy atom. The lowest BCUT2D eigenvalue weighted by atomic mass is 10.0. The highest BCUT2D eigenvalue weighted by atomic mass is 16.2. The van der Waals surface area contributed by atoms with Gasteiger partial charge in [0.05, 0.1) is 6.20 Å². The summed E-state index contributed by atoms with van der Waals surface area (Å²) in [4.78, 5) is 28.0. The molecular formula is C7H11N5O2. The fourth-order valence-electron chi connectivity index (χ4n) is 1.06. The first-order chi connectivity index (χ1) is 6.50. The Balaban J connectivity index is 2.88. The minimum atomic E-state index is -0.843. The Labute approximate surface area is 79.7 Å². The molecule has 7 nitrogen and oxygen atoms in total. The zero-order valence-corrected chi connectivity index (χ0v) is 7.36. The second-order valence-electron chi connectivity index (χ2n) is 2.85. The van der Waals surface area contributed by atoms with Crippen LogP contribution in [-0.2, 0) is 9.59 Å². The number of nitrogens with one attached hydrogen (secondary N) is 1. The molecule has 0 saturated carbocycles. The Morgan fingerprint density at radius 2 is 2.14 bits per heavy atom. The van der Waals surface area contributed by atoms with Gasteiger partial charge in [-0.2, -0.15) is 0 Å². The van der Waals surface area contributed by atoms with Crippen molar-refractivity contribution in [2.24, 2.45) is 11.5 Å². The molecule has 0 aromatic carbocycles. The third kappa shape index (κ3) is 2.22. The number of nitrogens with zero attached hydrogens (tertiary/aromatic N) is 1. The van der Waals surface area contributed by atoms with Crippen LogP contribution in [0, 0.1) is 0 Å². The molecule has 0 fully saturated rings. The second-order valence-corrected chi connectivity index (χ2v) is 2.85. The van der Waals surface area contributed by atoms with Crippen molar-refractivity contribution in [2.45, 2.75) is 12.3 Å². The van der Waals surface area contributed by atoms with Crippen LogP contribution in [-0.4, -0.2) is 21.8 Å². The summed E-state index contributed by atoms with van der Waals surface area (Å²) in [5.74, 6) is -1.57. The van der Waals surface area contributed by atoms with Gasteiger partial charge < -0.3 is 22.2 Å². The van der Waals surface area contributed by atoms with Gasteiger partial charge in [0.25, 0.3) is 0 Å². The van der Waals surface area contributed by atoms with Crippen LogP contribution in [0.4, 0.5) is 5.82 Å². The van der Waals surface area contributed by atoms with Crippen LogP contribution in [0.5, 0.6) is 0 Å². The van der Waals surface area contributed by atoms with Gasteiger partial charge in [-0.3, -0.25) is 9.59 Å². The van der Waals surface area contributed by atoms with E-state index >= 15 is 0 Å². The number of H-pyrrole nitrogens is 1. The molecule has 0 aliphatic rings. The third-order valence-corrected chi connectivity index (χ3v) is 1.69. The average molecular weight is 197 g/mol.